The fourth-order valence-corrected chi connectivity index (χ4v) is 0.747. The molecule has 0 aromatic heterocycles. The molecule has 2 N–H and O–H groups in total. The van der Waals surface area contributed by atoms with Crippen LogP contribution in [0.5, 0.6) is 0 Å². The van der Waals surface area contributed by atoms with Crippen LogP contribution in [0.4, 0.5) is 0 Å². The van der Waals surface area contributed by atoms with Gasteiger partial charge in [-0.2, -0.15) is 0 Å². The summed E-state index contributed by atoms with van der Waals surface area (Å²) in [5.74, 6) is 0. The van der Waals surface area contributed by atoms with Gasteiger partial charge in [-0.1, -0.05) is 0 Å². The summed E-state index contributed by atoms with van der Waals surface area (Å²) < 4.78 is 0. The first-order valence-electron chi connectivity index (χ1n) is 3.37. The summed E-state index contributed by atoms with van der Waals surface area (Å²) in [6.45, 7) is 1.26. The molecule has 4 nitrogen and oxygen atoms in total. The third-order valence-electron chi connectivity index (χ3n) is 1.24. The molecule has 0 spiro atoms. The second-order valence-electron chi connectivity index (χ2n) is 1.99. The van der Waals surface area contributed by atoms with Crippen LogP contribution in [0.25, 0.3) is 0 Å². The Hall–Kier alpha value is 0.753. The van der Waals surface area contributed by atoms with E-state index in [2.05, 4.69) is 0 Å². The van der Waals surface area contributed by atoms with Gasteiger partial charge >= 0.3 is 19.5 Å². The van der Waals surface area contributed by atoms with Gasteiger partial charge in [-0.3, -0.25) is 0 Å². The summed E-state index contributed by atoms with van der Waals surface area (Å²) in [5.41, 5.74) is 0. The number of hydrogen-bond donors (Lipinski definition) is 2. The van der Waals surface area contributed by atoms with Gasteiger partial charge in [-0.15, -0.1) is 6.61 Å². The van der Waals surface area contributed by atoms with E-state index in [1.54, 1.807) is 4.90 Å². The molecule has 0 fully saturated rings. The average Bonchev–Trinajstić information content (AvgIpc) is 1.90. The summed E-state index contributed by atoms with van der Waals surface area (Å²) >= 11 is 0. The van der Waals surface area contributed by atoms with E-state index in [4.69, 9.17) is 10.2 Å². The fraction of sp³-hybridized carbons (Fsp3) is 1.00. The van der Waals surface area contributed by atoms with Crippen molar-refractivity contribution in [1.82, 2.24) is 4.90 Å². The molecule has 0 saturated carbocycles. The fourth-order valence-electron chi connectivity index (χ4n) is 0.747. The molecule has 0 aliphatic rings. The zero-order valence-corrected chi connectivity index (χ0v) is 10.8. The van der Waals surface area contributed by atoms with Crippen molar-refractivity contribution >= 4 is 0 Å². The predicted octanol–water partition coefficient (Wildman–Crippen LogP) is -5.37. The van der Waals surface area contributed by atoms with Crippen LogP contribution in [-0.2, 0) is 19.5 Å². The molecule has 6 heteroatoms. The maximum Gasteiger partial charge on any atom is 2.00 e. The summed E-state index contributed by atoms with van der Waals surface area (Å²) in [4.78, 5) is 1.73. The van der Waals surface area contributed by atoms with Crippen molar-refractivity contribution in [2.45, 2.75) is 0 Å². The monoisotopic (exact) mass is 247 g/mol. The molecule has 0 atom stereocenters. The molecule has 0 radical (unpaired) electrons. The summed E-state index contributed by atoms with van der Waals surface area (Å²) in [6, 6.07) is 0. The molecule has 0 aliphatic carbocycles. The molecular formula is C6H14ClNO3Zn. The summed E-state index contributed by atoms with van der Waals surface area (Å²) in [6.07, 6.45) is 0. The van der Waals surface area contributed by atoms with Crippen LogP contribution >= 0.6 is 0 Å². The Bertz CT molecular complexity index is 65.5. The SMILES string of the molecule is [Cl-].[O-]CCN(CCO)CCO.[Zn+2]. The summed E-state index contributed by atoms with van der Waals surface area (Å²) in [7, 11) is 0. The van der Waals surface area contributed by atoms with E-state index >= 15 is 0 Å². The van der Waals surface area contributed by atoms with Gasteiger partial charge in [-0.25, -0.2) is 0 Å². The van der Waals surface area contributed by atoms with E-state index in [-0.39, 0.29) is 51.7 Å². The first kappa shape index (κ1) is 18.5. The van der Waals surface area contributed by atoms with Crippen LogP contribution in [0.1, 0.15) is 0 Å². The first-order valence-corrected chi connectivity index (χ1v) is 3.37. The van der Waals surface area contributed by atoms with Crippen LogP contribution in [0.15, 0.2) is 0 Å². The Kier molecular flexibility index (Phi) is 22.0. The van der Waals surface area contributed by atoms with E-state index in [0.29, 0.717) is 19.6 Å². The van der Waals surface area contributed by atoms with Gasteiger partial charge in [0.1, 0.15) is 0 Å². The minimum absolute atomic E-state index is 0. The second kappa shape index (κ2) is 14.3. The third-order valence-corrected chi connectivity index (χ3v) is 1.24. The van der Waals surface area contributed by atoms with Crippen molar-refractivity contribution in [3.05, 3.63) is 0 Å². The molecule has 0 heterocycles. The number of aliphatic hydroxyl groups excluding tert-OH is 2. The first-order chi connectivity index (χ1) is 4.85. The molecule has 0 aromatic rings. The molecule has 0 saturated heterocycles. The Balaban J connectivity index is -0.000000405. The smallest absolute Gasteiger partial charge is 1.00 e. The van der Waals surface area contributed by atoms with Crippen molar-refractivity contribution in [2.24, 2.45) is 0 Å². The van der Waals surface area contributed by atoms with Gasteiger partial charge in [0.15, 0.2) is 0 Å². The second-order valence-corrected chi connectivity index (χ2v) is 1.99. The number of aliphatic hydroxyl groups is 2. The minimum atomic E-state index is -0.181. The number of nitrogens with zero attached hydrogens (tertiary/aromatic N) is 1. The normalized spacial score (nSPS) is 9.00. The number of hydrogen-bond acceptors (Lipinski definition) is 4. The maximum atomic E-state index is 10.1. The van der Waals surface area contributed by atoms with E-state index in [1.165, 1.54) is 0 Å². The molecule has 0 rings (SSSR count). The Morgan fingerprint density at radius 1 is 1.00 bits per heavy atom. The van der Waals surface area contributed by atoms with E-state index in [0.717, 1.165) is 0 Å². The molecule has 0 unspecified atom stereocenters. The van der Waals surface area contributed by atoms with Gasteiger partial charge in [0.05, 0.1) is 13.2 Å². The van der Waals surface area contributed by atoms with Gasteiger partial charge < -0.3 is 32.6 Å². The third kappa shape index (κ3) is 10.8. The van der Waals surface area contributed by atoms with Crippen molar-refractivity contribution in [1.29, 1.82) is 0 Å². The average molecular weight is 249 g/mol. The Morgan fingerprint density at radius 2 is 1.42 bits per heavy atom. The van der Waals surface area contributed by atoms with Gasteiger partial charge in [-0.05, 0) is 6.54 Å². The zero-order chi connectivity index (χ0) is 7.82. The van der Waals surface area contributed by atoms with Crippen molar-refractivity contribution in [2.75, 3.05) is 39.5 Å². The molecule has 70 valence electrons. The summed E-state index contributed by atoms with van der Waals surface area (Å²) in [5, 5.41) is 27.0. The van der Waals surface area contributed by atoms with Crippen molar-refractivity contribution in [3.8, 4) is 0 Å². The topological polar surface area (TPSA) is 66.8 Å². The Labute approximate surface area is 91.7 Å². The van der Waals surface area contributed by atoms with Crippen LogP contribution < -0.4 is 17.5 Å². The Morgan fingerprint density at radius 3 is 1.67 bits per heavy atom. The van der Waals surface area contributed by atoms with Gasteiger partial charge in [0.2, 0.25) is 0 Å². The quantitative estimate of drug-likeness (QED) is 0.461. The van der Waals surface area contributed by atoms with Crippen molar-refractivity contribution in [3.63, 3.8) is 0 Å². The number of halogens is 1. The molecule has 0 aliphatic heterocycles. The number of rotatable bonds is 6. The van der Waals surface area contributed by atoms with E-state index < -0.39 is 0 Å². The van der Waals surface area contributed by atoms with E-state index in [1.807, 2.05) is 0 Å². The van der Waals surface area contributed by atoms with Crippen LogP contribution in [0, 0.1) is 0 Å². The van der Waals surface area contributed by atoms with Gasteiger partial charge in [0, 0.05) is 13.1 Å². The maximum absolute atomic E-state index is 10.1. The zero-order valence-electron chi connectivity index (χ0n) is 7.08. The molecule has 0 amide bonds. The van der Waals surface area contributed by atoms with Gasteiger partial charge in [0.25, 0.3) is 0 Å². The van der Waals surface area contributed by atoms with Crippen molar-refractivity contribution < 1.29 is 47.2 Å². The van der Waals surface area contributed by atoms with Crippen LogP contribution in [-0.4, -0.2) is 54.6 Å². The minimum Gasteiger partial charge on any atom is -1.00 e. The molecule has 0 aromatic carbocycles. The molecule has 12 heavy (non-hydrogen) atoms. The van der Waals surface area contributed by atoms with E-state index in [9.17, 15) is 5.11 Å². The van der Waals surface area contributed by atoms with Crippen LogP contribution in [0.3, 0.4) is 0 Å². The standard InChI is InChI=1S/C6H14NO3.ClH.Zn/c8-4-1-7(2-5-9)3-6-10;;/h8-9H,1-6H2;1H;/q-1;;+2/p-1. The molecular weight excluding hydrogens is 235 g/mol. The van der Waals surface area contributed by atoms with Crippen LogP contribution in [0.2, 0.25) is 0 Å². The molecule has 0 bridgehead atoms. The predicted molar refractivity (Wildman–Crippen MR) is 35.5 cm³/mol. The largest absolute Gasteiger partial charge is 2.00 e.